The van der Waals surface area contributed by atoms with Gasteiger partial charge in [-0.2, -0.15) is 4.98 Å². The molecule has 0 aliphatic carbocycles. The van der Waals surface area contributed by atoms with Crippen molar-refractivity contribution in [2.75, 3.05) is 22.1 Å². The lowest BCUT2D eigenvalue weighted by Crippen LogP contribution is -2.43. The monoisotopic (exact) mass is 429 g/mol. The van der Waals surface area contributed by atoms with Crippen molar-refractivity contribution in [1.82, 2.24) is 9.97 Å². The molecule has 1 saturated heterocycles. The standard InChI is InChI=1S/C21H24ClN5O3/c1-2-14-8-3-4-9-27(14)21-25-18-17(20(30)26-21)15(11-16(28)24-18)19(29)23-13-7-5-6-12(22)10-13/h5-7,10,14-15H,2-4,8-9,11H2,1H3,(H,23,29)(H2,24,25,26,28,30)/t14-,15-/m0/s1. The van der Waals surface area contributed by atoms with E-state index in [4.69, 9.17) is 11.6 Å². The number of nitrogens with one attached hydrogen (secondary N) is 3. The molecule has 3 N–H and O–H groups in total. The first kappa shape index (κ1) is 20.4. The molecule has 0 radical (unpaired) electrons. The maximum atomic E-state index is 13.0. The van der Waals surface area contributed by atoms with Gasteiger partial charge in [0, 0.05) is 29.7 Å². The maximum Gasteiger partial charge on any atom is 0.258 e. The summed E-state index contributed by atoms with van der Waals surface area (Å²) >= 11 is 5.97. The van der Waals surface area contributed by atoms with Crippen molar-refractivity contribution >= 4 is 40.9 Å². The Labute approximate surface area is 179 Å². The molecule has 0 bridgehead atoms. The van der Waals surface area contributed by atoms with E-state index in [9.17, 15) is 14.4 Å². The fraction of sp³-hybridized carbons (Fsp3) is 0.429. The molecule has 3 heterocycles. The summed E-state index contributed by atoms with van der Waals surface area (Å²) in [4.78, 5) is 47.6. The number of aromatic nitrogens is 2. The molecule has 4 rings (SSSR count). The first-order valence-electron chi connectivity index (χ1n) is 10.2. The van der Waals surface area contributed by atoms with Gasteiger partial charge in [0.1, 0.15) is 5.82 Å². The van der Waals surface area contributed by atoms with E-state index >= 15 is 0 Å². The Hall–Kier alpha value is -2.87. The lowest BCUT2D eigenvalue weighted by Gasteiger charge is -2.36. The number of amides is 2. The molecule has 0 unspecified atom stereocenters. The highest BCUT2D eigenvalue weighted by Gasteiger charge is 2.35. The van der Waals surface area contributed by atoms with Crippen molar-refractivity contribution in [3.8, 4) is 0 Å². The van der Waals surface area contributed by atoms with Crippen molar-refractivity contribution in [1.29, 1.82) is 0 Å². The highest BCUT2D eigenvalue weighted by atomic mass is 35.5. The Morgan fingerprint density at radius 1 is 1.33 bits per heavy atom. The van der Waals surface area contributed by atoms with Crippen LogP contribution >= 0.6 is 11.6 Å². The summed E-state index contributed by atoms with van der Waals surface area (Å²) in [7, 11) is 0. The molecule has 0 spiro atoms. The van der Waals surface area contributed by atoms with E-state index in [2.05, 4.69) is 32.4 Å². The zero-order chi connectivity index (χ0) is 21.3. The van der Waals surface area contributed by atoms with E-state index in [0.717, 1.165) is 32.2 Å². The highest BCUT2D eigenvalue weighted by Crippen LogP contribution is 2.32. The SMILES string of the molecule is CC[C@H]1CCCCN1c1nc2c(c(=O)[nH]1)[C@@H](C(=O)Nc1cccc(Cl)c1)CC(=O)N2. The van der Waals surface area contributed by atoms with Crippen molar-refractivity contribution in [3.05, 3.63) is 45.2 Å². The molecule has 2 aliphatic rings. The number of nitrogens with zero attached hydrogens (tertiary/aromatic N) is 2. The summed E-state index contributed by atoms with van der Waals surface area (Å²) < 4.78 is 0. The first-order valence-corrected chi connectivity index (χ1v) is 10.6. The van der Waals surface area contributed by atoms with Crippen molar-refractivity contribution in [3.63, 3.8) is 0 Å². The summed E-state index contributed by atoms with van der Waals surface area (Å²) in [6.45, 7) is 2.91. The van der Waals surface area contributed by atoms with E-state index in [1.54, 1.807) is 24.3 Å². The molecule has 1 aromatic carbocycles. The van der Waals surface area contributed by atoms with E-state index in [-0.39, 0.29) is 23.7 Å². The molecule has 2 aromatic rings. The minimum atomic E-state index is -0.929. The highest BCUT2D eigenvalue weighted by molar-refractivity contribution is 6.30. The van der Waals surface area contributed by atoms with Crippen LogP contribution in [0.4, 0.5) is 17.5 Å². The summed E-state index contributed by atoms with van der Waals surface area (Å²) in [6.07, 6.45) is 4.03. The number of fused-ring (bicyclic) bond motifs is 1. The van der Waals surface area contributed by atoms with Crippen LogP contribution in [-0.2, 0) is 9.59 Å². The average Bonchev–Trinajstić information content (AvgIpc) is 2.72. The quantitative estimate of drug-likeness (QED) is 0.691. The third-order valence-electron chi connectivity index (χ3n) is 5.72. The third kappa shape index (κ3) is 4.05. The third-order valence-corrected chi connectivity index (χ3v) is 5.95. The molecule has 8 nitrogen and oxygen atoms in total. The zero-order valence-electron chi connectivity index (χ0n) is 16.7. The van der Waals surface area contributed by atoms with Crippen LogP contribution in [0.2, 0.25) is 5.02 Å². The van der Waals surface area contributed by atoms with Gasteiger partial charge in [0.15, 0.2) is 0 Å². The second-order valence-electron chi connectivity index (χ2n) is 7.71. The van der Waals surface area contributed by atoms with Gasteiger partial charge in [-0.25, -0.2) is 0 Å². The van der Waals surface area contributed by atoms with Gasteiger partial charge in [0.25, 0.3) is 5.56 Å². The van der Waals surface area contributed by atoms with Crippen LogP contribution in [0.1, 0.15) is 50.5 Å². The van der Waals surface area contributed by atoms with Crippen LogP contribution in [0.3, 0.4) is 0 Å². The van der Waals surface area contributed by atoms with Gasteiger partial charge in [0.2, 0.25) is 17.8 Å². The predicted molar refractivity (Wildman–Crippen MR) is 116 cm³/mol. The maximum absolute atomic E-state index is 13.0. The molecule has 1 aromatic heterocycles. The second kappa shape index (κ2) is 8.47. The number of anilines is 3. The Balaban J connectivity index is 1.66. The van der Waals surface area contributed by atoms with Gasteiger partial charge in [-0.05, 0) is 43.9 Å². The van der Waals surface area contributed by atoms with Crippen LogP contribution in [-0.4, -0.2) is 34.4 Å². The number of rotatable bonds is 4. The number of hydrogen-bond acceptors (Lipinski definition) is 5. The number of benzene rings is 1. The Bertz CT molecular complexity index is 1040. The van der Waals surface area contributed by atoms with Crippen molar-refractivity contribution < 1.29 is 9.59 Å². The number of aromatic amines is 1. The molecular weight excluding hydrogens is 406 g/mol. The van der Waals surface area contributed by atoms with Crippen LogP contribution in [0.25, 0.3) is 0 Å². The largest absolute Gasteiger partial charge is 0.339 e. The molecule has 1 fully saturated rings. The summed E-state index contributed by atoms with van der Waals surface area (Å²) in [6, 6.07) is 7.00. The first-order chi connectivity index (χ1) is 14.5. The van der Waals surface area contributed by atoms with E-state index < -0.39 is 17.4 Å². The van der Waals surface area contributed by atoms with Crippen LogP contribution < -0.4 is 21.1 Å². The summed E-state index contributed by atoms with van der Waals surface area (Å²) in [5, 5.41) is 5.89. The van der Waals surface area contributed by atoms with E-state index in [1.807, 2.05) is 0 Å². The zero-order valence-corrected chi connectivity index (χ0v) is 17.5. The van der Waals surface area contributed by atoms with Crippen LogP contribution in [0.15, 0.2) is 29.1 Å². The van der Waals surface area contributed by atoms with Gasteiger partial charge in [-0.15, -0.1) is 0 Å². The Kier molecular flexibility index (Phi) is 5.76. The van der Waals surface area contributed by atoms with Gasteiger partial charge in [0.05, 0.1) is 11.5 Å². The van der Waals surface area contributed by atoms with Crippen LogP contribution in [0.5, 0.6) is 0 Å². The minimum Gasteiger partial charge on any atom is -0.339 e. The second-order valence-corrected chi connectivity index (χ2v) is 8.14. The van der Waals surface area contributed by atoms with Crippen molar-refractivity contribution in [2.24, 2.45) is 0 Å². The molecule has 0 saturated carbocycles. The normalized spacial score (nSPS) is 21.0. The van der Waals surface area contributed by atoms with E-state index in [0.29, 0.717) is 22.7 Å². The molecule has 2 aliphatic heterocycles. The smallest absolute Gasteiger partial charge is 0.258 e. The molecule has 2 amide bonds. The number of piperidine rings is 1. The number of hydrogen-bond donors (Lipinski definition) is 3. The lowest BCUT2D eigenvalue weighted by atomic mass is 9.92. The fourth-order valence-electron chi connectivity index (χ4n) is 4.22. The number of halogens is 1. The summed E-state index contributed by atoms with van der Waals surface area (Å²) in [5.41, 5.74) is 0.282. The topological polar surface area (TPSA) is 107 Å². The fourth-order valence-corrected chi connectivity index (χ4v) is 4.41. The van der Waals surface area contributed by atoms with Crippen molar-refractivity contribution in [2.45, 2.75) is 51.0 Å². The lowest BCUT2D eigenvalue weighted by molar-refractivity contribution is -0.123. The molecule has 158 valence electrons. The van der Waals surface area contributed by atoms with Gasteiger partial charge < -0.3 is 15.5 Å². The number of carbonyl (C=O) groups is 2. The minimum absolute atomic E-state index is 0.120. The number of carbonyl (C=O) groups excluding carboxylic acids is 2. The predicted octanol–water partition coefficient (Wildman–Crippen LogP) is 3.26. The summed E-state index contributed by atoms with van der Waals surface area (Å²) in [5.74, 6) is -1.11. The molecule has 2 atom stereocenters. The van der Waals surface area contributed by atoms with Crippen LogP contribution in [0, 0.1) is 0 Å². The van der Waals surface area contributed by atoms with Gasteiger partial charge >= 0.3 is 0 Å². The number of H-pyrrole nitrogens is 1. The molecule has 9 heteroatoms. The van der Waals surface area contributed by atoms with Gasteiger partial charge in [-0.3, -0.25) is 19.4 Å². The average molecular weight is 430 g/mol. The van der Waals surface area contributed by atoms with E-state index in [1.165, 1.54) is 0 Å². The van der Waals surface area contributed by atoms with Gasteiger partial charge in [-0.1, -0.05) is 24.6 Å². The molecule has 30 heavy (non-hydrogen) atoms. The Morgan fingerprint density at radius 3 is 2.93 bits per heavy atom. The molecular formula is C21H24ClN5O3. The Morgan fingerprint density at radius 2 is 2.17 bits per heavy atom.